The lowest BCUT2D eigenvalue weighted by Crippen LogP contribution is -2.22. The van der Waals surface area contributed by atoms with Crippen molar-refractivity contribution in [1.29, 1.82) is 0 Å². The van der Waals surface area contributed by atoms with Gasteiger partial charge >= 0.3 is 0 Å². The third kappa shape index (κ3) is 3.72. The van der Waals surface area contributed by atoms with Crippen LogP contribution in [-0.2, 0) is 6.54 Å². The van der Waals surface area contributed by atoms with Crippen LogP contribution in [0, 0.1) is 0 Å². The molecule has 0 spiro atoms. The molecule has 102 valence electrons. The summed E-state index contributed by atoms with van der Waals surface area (Å²) in [5, 5.41) is 3.27. The highest BCUT2D eigenvalue weighted by molar-refractivity contribution is 5.38. The van der Waals surface area contributed by atoms with Gasteiger partial charge in [-0.3, -0.25) is 4.90 Å². The molecule has 0 aliphatic rings. The van der Waals surface area contributed by atoms with Gasteiger partial charge in [-0.2, -0.15) is 0 Å². The van der Waals surface area contributed by atoms with E-state index in [1.165, 1.54) is 11.1 Å². The monoisotopic (exact) mass is 250 g/mol. The Morgan fingerprint density at radius 1 is 1.28 bits per heavy atom. The second-order valence-corrected chi connectivity index (χ2v) is 4.54. The van der Waals surface area contributed by atoms with E-state index in [-0.39, 0.29) is 0 Å². The first kappa shape index (κ1) is 15.0. The predicted octanol–water partition coefficient (Wildman–Crippen LogP) is 2.82. The molecule has 0 aliphatic heterocycles. The zero-order chi connectivity index (χ0) is 13.5. The first-order valence-corrected chi connectivity index (χ1v) is 6.72. The van der Waals surface area contributed by atoms with Crippen molar-refractivity contribution in [3.63, 3.8) is 0 Å². The first-order chi connectivity index (χ1) is 8.65. The third-order valence-electron chi connectivity index (χ3n) is 3.53. The van der Waals surface area contributed by atoms with Crippen molar-refractivity contribution in [1.82, 2.24) is 10.2 Å². The number of ether oxygens (including phenoxy) is 1. The molecule has 0 aliphatic carbocycles. The second kappa shape index (κ2) is 7.39. The van der Waals surface area contributed by atoms with Crippen molar-refractivity contribution >= 4 is 0 Å². The summed E-state index contributed by atoms with van der Waals surface area (Å²) in [4.78, 5) is 2.39. The molecule has 1 unspecified atom stereocenters. The lowest BCUT2D eigenvalue weighted by molar-refractivity contribution is 0.289. The molecule has 0 heterocycles. The van der Waals surface area contributed by atoms with Crippen molar-refractivity contribution in [2.45, 2.75) is 33.4 Å². The van der Waals surface area contributed by atoms with Crippen LogP contribution in [0.1, 0.15) is 37.9 Å². The number of nitrogens with one attached hydrogen (secondary N) is 1. The molecule has 0 radical (unpaired) electrons. The molecule has 0 amide bonds. The van der Waals surface area contributed by atoms with Gasteiger partial charge in [0, 0.05) is 18.2 Å². The van der Waals surface area contributed by atoms with Crippen LogP contribution in [0.5, 0.6) is 5.75 Å². The average Bonchev–Trinajstić information content (AvgIpc) is 2.43. The van der Waals surface area contributed by atoms with E-state index in [2.05, 4.69) is 49.2 Å². The van der Waals surface area contributed by atoms with Gasteiger partial charge < -0.3 is 10.1 Å². The van der Waals surface area contributed by atoms with Crippen LogP contribution < -0.4 is 10.1 Å². The number of hydrogen-bond acceptors (Lipinski definition) is 3. The zero-order valence-corrected chi connectivity index (χ0v) is 12.3. The predicted molar refractivity (Wildman–Crippen MR) is 77.1 cm³/mol. The summed E-state index contributed by atoms with van der Waals surface area (Å²) in [6, 6.07) is 6.82. The SMILES string of the molecule is CCN(CC)Cc1cc(C(C)NC)ccc1OC. The van der Waals surface area contributed by atoms with Crippen molar-refractivity contribution < 1.29 is 4.74 Å². The van der Waals surface area contributed by atoms with E-state index in [9.17, 15) is 0 Å². The molecule has 1 aromatic rings. The van der Waals surface area contributed by atoms with Crippen molar-refractivity contribution in [2.75, 3.05) is 27.2 Å². The number of hydrogen-bond donors (Lipinski definition) is 1. The largest absolute Gasteiger partial charge is 0.496 e. The Labute approximate surface area is 111 Å². The number of rotatable bonds is 7. The van der Waals surface area contributed by atoms with E-state index < -0.39 is 0 Å². The van der Waals surface area contributed by atoms with Gasteiger partial charge in [0.05, 0.1) is 7.11 Å². The van der Waals surface area contributed by atoms with Gasteiger partial charge in [0.15, 0.2) is 0 Å². The fourth-order valence-electron chi connectivity index (χ4n) is 2.05. The Morgan fingerprint density at radius 2 is 1.94 bits per heavy atom. The van der Waals surface area contributed by atoms with E-state index in [1.807, 2.05) is 7.05 Å². The average molecular weight is 250 g/mol. The molecule has 0 saturated carbocycles. The molecular weight excluding hydrogens is 224 g/mol. The van der Waals surface area contributed by atoms with Crippen LogP contribution >= 0.6 is 0 Å². The van der Waals surface area contributed by atoms with Crippen LogP contribution in [0.25, 0.3) is 0 Å². The van der Waals surface area contributed by atoms with Crippen molar-refractivity contribution in [3.8, 4) is 5.75 Å². The van der Waals surface area contributed by atoms with Gasteiger partial charge in [0.1, 0.15) is 5.75 Å². The van der Waals surface area contributed by atoms with E-state index >= 15 is 0 Å². The molecule has 1 aromatic carbocycles. The summed E-state index contributed by atoms with van der Waals surface area (Å²) in [5.41, 5.74) is 2.57. The fourth-order valence-corrected chi connectivity index (χ4v) is 2.05. The maximum Gasteiger partial charge on any atom is 0.123 e. The molecule has 0 bridgehead atoms. The fraction of sp³-hybridized carbons (Fsp3) is 0.600. The minimum Gasteiger partial charge on any atom is -0.496 e. The van der Waals surface area contributed by atoms with Gasteiger partial charge in [-0.25, -0.2) is 0 Å². The van der Waals surface area contributed by atoms with Gasteiger partial charge in [0.2, 0.25) is 0 Å². The minimum atomic E-state index is 0.367. The normalized spacial score (nSPS) is 12.8. The van der Waals surface area contributed by atoms with Crippen molar-refractivity contribution in [3.05, 3.63) is 29.3 Å². The van der Waals surface area contributed by atoms with Crippen LogP contribution in [0.2, 0.25) is 0 Å². The molecule has 1 rings (SSSR count). The Balaban J connectivity index is 2.98. The number of methoxy groups -OCH3 is 1. The van der Waals surface area contributed by atoms with E-state index in [4.69, 9.17) is 4.74 Å². The standard InChI is InChI=1S/C15H26N2O/c1-6-17(7-2)11-14-10-13(12(3)16-4)8-9-15(14)18-5/h8-10,12,16H,6-7,11H2,1-5H3. The molecule has 0 fully saturated rings. The molecule has 1 atom stereocenters. The van der Waals surface area contributed by atoms with Gasteiger partial charge in [-0.15, -0.1) is 0 Å². The lowest BCUT2D eigenvalue weighted by Gasteiger charge is -2.21. The quantitative estimate of drug-likeness (QED) is 0.805. The van der Waals surface area contributed by atoms with Gasteiger partial charge in [-0.05, 0) is 44.8 Å². The molecule has 3 heteroatoms. The highest BCUT2D eigenvalue weighted by atomic mass is 16.5. The summed E-state index contributed by atoms with van der Waals surface area (Å²) in [6.45, 7) is 9.62. The van der Waals surface area contributed by atoms with Crippen molar-refractivity contribution in [2.24, 2.45) is 0 Å². The van der Waals surface area contributed by atoms with E-state index in [0.717, 1.165) is 25.4 Å². The van der Waals surface area contributed by atoms with Crippen LogP contribution in [0.15, 0.2) is 18.2 Å². The van der Waals surface area contributed by atoms with Gasteiger partial charge in [-0.1, -0.05) is 19.9 Å². The Morgan fingerprint density at radius 3 is 2.44 bits per heavy atom. The second-order valence-electron chi connectivity index (χ2n) is 4.54. The summed E-state index contributed by atoms with van der Waals surface area (Å²) < 4.78 is 5.46. The molecule has 18 heavy (non-hydrogen) atoms. The smallest absolute Gasteiger partial charge is 0.123 e. The highest BCUT2D eigenvalue weighted by Gasteiger charge is 2.10. The van der Waals surface area contributed by atoms with E-state index in [0.29, 0.717) is 6.04 Å². The Kier molecular flexibility index (Phi) is 6.16. The van der Waals surface area contributed by atoms with Crippen LogP contribution in [0.3, 0.4) is 0 Å². The first-order valence-electron chi connectivity index (χ1n) is 6.72. The topological polar surface area (TPSA) is 24.5 Å². The summed E-state index contributed by atoms with van der Waals surface area (Å²) in [7, 11) is 3.72. The maximum atomic E-state index is 5.46. The molecule has 1 N–H and O–H groups in total. The zero-order valence-electron chi connectivity index (χ0n) is 12.3. The molecule has 3 nitrogen and oxygen atoms in total. The molecular formula is C15H26N2O. The summed E-state index contributed by atoms with van der Waals surface area (Å²) >= 11 is 0. The van der Waals surface area contributed by atoms with Crippen LogP contribution in [-0.4, -0.2) is 32.1 Å². The molecule has 0 saturated heterocycles. The lowest BCUT2D eigenvalue weighted by atomic mass is 10.0. The number of benzene rings is 1. The minimum absolute atomic E-state index is 0.367. The van der Waals surface area contributed by atoms with Crippen LogP contribution in [0.4, 0.5) is 0 Å². The summed E-state index contributed by atoms with van der Waals surface area (Å²) in [6.07, 6.45) is 0. The summed E-state index contributed by atoms with van der Waals surface area (Å²) in [5.74, 6) is 0.981. The molecule has 0 aromatic heterocycles. The Bertz CT molecular complexity index is 362. The maximum absolute atomic E-state index is 5.46. The number of nitrogens with zero attached hydrogens (tertiary/aromatic N) is 1. The highest BCUT2D eigenvalue weighted by Crippen LogP contribution is 2.24. The third-order valence-corrected chi connectivity index (χ3v) is 3.53. The van der Waals surface area contributed by atoms with Gasteiger partial charge in [0.25, 0.3) is 0 Å². The van der Waals surface area contributed by atoms with E-state index in [1.54, 1.807) is 7.11 Å². The Hall–Kier alpha value is -1.06.